The molecule has 0 aromatic heterocycles. The van der Waals surface area contributed by atoms with Crippen molar-refractivity contribution in [1.82, 2.24) is 5.32 Å². The second-order valence-corrected chi connectivity index (χ2v) is 5.10. The standard InChI is InChI=1S/C17H18ClNO4/c1-21-15-9-12(10-16(11-15)22-2)17(20)19-7-8-23-14-5-3-13(18)4-6-14/h3-6,9-11H,7-8H2,1-2H3,(H,19,20). The molecule has 0 heterocycles. The van der Waals surface area contributed by atoms with Crippen LogP contribution < -0.4 is 19.5 Å². The van der Waals surface area contributed by atoms with Crippen LogP contribution in [-0.4, -0.2) is 33.3 Å². The molecule has 2 rings (SSSR count). The second-order valence-electron chi connectivity index (χ2n) is 4.66. The van der Waals surface area contributed by atoms with Gasteiger partial charge in [-0.25, -0.2) is 0 Å². The molecule has 1 amide bonds. The maximum Gasteiger partial charge on any atom is 0.251 e. The number of carbonyl (C=O) groups is 1. The first-order chi connectivity index (χ1) is 11.1. The molecule has 0 radical (unpaired) electrons. The Kier molecular flexibility index (Phi) is 6.11. The number of nitrogens with one attached hydrogen (secondary N) is 1. The van der Waals surface area contributed by atoms with E-state index in [4.69, 9.17) is 25.8 Å². The van der Waals surface area contributed by atoms with Crippen LogP contribution >= 0.6 is 11.6 Å². The Balaban J connectivity index is 1.86. The van der Waals surface area contributed by atoms with Crippen LogP contribution in [0.1, 0.15) is 10.4 Å². The predicted molar refractivity (Wildman–Crippen MR) is 88.8 cm³/mol. The third-order valence-electron chi connectivity index (χ3n) is 3.08. The molecule has 0 aliphatic heterocycles. The zero-order valence-corrected chi connectivity index (χ0v) is 13.7. The van der Waals surface area contributed by atoms with E-state index in [0.29, 0.717) is 41.0 Å². The molecule has 0 saturated carbocycles. The normalized spacial score (nSPS) is 10.0. The largest absolute Gasteiger partial charge is 0.497 e. The number of benzene rings is 2. The van der Waals surface area contributed by atoms with E-state index in [1.165, 1.54) is 14.2 Å². The minimum Gasteiger partial charge on any atom is -0.497 e. The summed E-state index contributed by atoms with van der Waals surface area (Å²) in [7, 11) is 3.08. The molecule has 0 aliphatic rings. The van der Waals surface area contributed by atoms with Gasteiger partial charge in [0.1, 0.15) is 23.9 Å². The molecule has 0 bridgehead atoms. The fourth-order valence-electron chi connectivity index (χ4n) is 1.90. The molecule has 122 valence electrons. The van der Waals surface area contributed by atoms with Gasteiger partial charge in [0.2, 0.25) is 0 Å². The van der Waals surface area contributed by atoms with E-state index in [1.807, 2.05) is 0 Å². The average molecular weight is 336 g/mol. The van der Waals surface area contributed by atoms with Gasteiger partial charge in [0.25, 0.3) is 5.91 Å². The van der Waals surface area contributed by atoms with Gasteiger partial charge in [-0.1, -0.05) is 11.6 Å². The maximum atomic E-state index is 12.1. The zero-order valence-electron chi connectivity index (χ0n) is 13.0. The van der Waals surface area contributed by atoms with Crippen molar-refractivity contribution in [3.63, 3.8) is 0 Å². The third-order valence-corrected chi connectivity index (χ3v) is 3.34. The van der Waals surface area contributed by atoms with Crippen LogP contribution in [-0.2, 0) is 0 Å². The van der Waals surface area contributed by atoms with Crippen LogP contribution in [0, 0.1) is 0 Å². The molecule has 2 aromatic rings. The molecule has 0 saturated heterocycles. The highest BCUT2D eigenvalue weighted by atomic mass is 35.5. The lowest BCUT2D eigenvalue weighted by Crippen LogP contribution is -2.28. The highest BCUT2D eigenvalue weighted by Gasteiger charge is 2.09. The van der Waals surface area contributed by atoms with Gasteiger partial charge in [-0.2, -0.15) is 0 Å². The van der Waals surface area contributed by atoms with Crippen molar-refractivity contribution in [2.75, 3.05) is 27.4 Å². The number of hydrogen-bond acceptors (Lipinski definition) is 4. The Morgan fingerprint density at radius 2 is 1.61 bits per heavy atom. The quantitative estimate of drug-likeness (QED) is 0.790. The first kappa shape index (κ1) is 17.0. The van der Waals surface area contributed by atoms with Crippen LogP contribution in [0.5, 0.6) is 17.2 Å². The molecule has 5 nitrogen and oxygen atoms in total. The van der Waals surface area contributed by atoms with Gasteiger partial charge < -0.3 is 19.5 Å². The van der Waals surface area contributed by atoms with Crippen molar-refractivity contribution < 1.29 is 19.0 Å². The van der Waals surface area contributed by atoms with Gasteiger partial charge in [-0.15, -0.1) is 0 Å². The van der Waals surface area contributed by atoms with E-state index in [-0.39, 0.29) is 5.91 Å². The number of halogens is 1. The van der Waals surface area contributed by atoms with Crippen molar-refractivity contribution in [2.45, 2.75) is 0 Å². The second kappa shape index (κ2) is 8.29. The number of rotatable bonds is 7. The molecular formula is C17H18ClNO4. The molecule has 2 aromatic carbocycles. The molecule has 0 unspecified atom stereocenters. The van der Waals surface area contributed by atoms with E-state index < -0.39 is 0 Å². The van der Waals surface area contributed by atoms with Crippen LogP contribution in [0.15, 0.2) is 42.5 Å². The SMILES string of the molecule is COc1cc(OC)cc(C(=O)NCCOc2ccc(Cl)cc2)c1. The predicted octanol–water partition coefficient (Wildman–Crippen LogP) is 3.17. The first-order valence-corrected chi connectivity index (χ1v) is 7.40. The number of hydrogen-bond donors (Lipinski definition) is 1. The van der Waals surface area contributed by atoms with E-state index >= 15 is 0 Å². The summed E-state index contributed by atoms with van der Waals surface area (Å²) in [6, 6.07) is 12.1. The fraction of sp³-hybridized carbons (Fsp3) is 0.235. The highest BCUT2D eigenvalue weighted by molar-refractivity contribution is 6.30. The number of amides is 1. The topological polar surface area (TPSA) is 56.8 Å². The molecule has 0 atom stereocenters. The van der Waals surface area contributed by atoms with Crippen molar-refractivity contribution in [3.05, 3.63) is 53.1 Å². The van der Waals surface area contributed by atoms with E-state index in [0.717, 1.165) is 0 Å². The lowest BCUT2D eigenvalue weighted by Gasteiger charge is -2.10. The summed E-state index contributed by atoms with van der Waals surface area (Å²) >= 11 is 5.80. The fourth-order valence-corrected chi connectivity index (χ4v) is 2.03. The van der Waals surface area contributed by atoms with Crippen LogP contribution in [0.25, 0.3) is 0 Å². The molecule has 0 fully saturated rings. The minimum absolute atomic E-state index is 0.220. The van der Waals surface area contributed by atoms with Crippen LogP contribution in [0.4, 0.5) is 0 Å². The molecule has 6 heteroatoms. The monoisotopic (exact) mass is 335 g/mol. The van der Waals surface area contributed by atoms with E-state index in [9.17, 15) is 4.79 Å². The number of ether oxygens (including phenoxy) is 3. The van der Waals surface area contributed by atoms with Gasteiger partial charge in [0, 0.05) is 16.7 Å². The molecular weight excluding hydrogens is 318 g/mol. The zero-order chi connectivity index (χ0) is 16.7. The highest BCUT2D eigenvalue weighted by Crippen LogP contribution is 2.22. The Labute approximate surface area is 140 Å². The molecule has 0 spiro atoms. The van der Waals surface area contributed by atoms with Gasteiger partial charge in [0.15, 0.2) is 0 Å². The average Bonchev–Trinajstić information content (AvgIpc) is 2.59. The van der Waals surface area contributed by atoms with Crippen molar-refractivity contribution in [2.24, 2.45) is 0 Å². The Morgan fingerprint density at radius 1 is 1.00 bits per heavy atom. The summed E-state index contributed by atoms with van der Waals surface area (Å²) in [5.41, 5.74) is 0.465. The Bertz CT molecular complexity index is 636. The molecule has 1 N–H and O–H groups in total. The van der Waals surface area contributed by atoms with Gasteiger partial charge in [-0.3, -0.25) is 4.79 Å². The summed E-state index contributed by atoms with van der Waals surface area (Å²) < 4.78 is 15.8. The summed E-state index contributed by atoms with van der Waals surface area (Å²) in [6.45, 7) is 0.732. The summed E-state index contributed by atoms with van der Waals surface area (Å²) in [5, 5.41) is 3.43. The van der Waals surface area contributed by atoms with Crippen LogP contribution in [0.3, 0.4) is 0 Å². The Hall–Kier alpha value is -2.40. The van der Waals surface area contributed by atoms with Gasteiger partial charge in [0.05, 0.1) is 20.8 Å². The van der Waals surface area contributed by atoms with E-state index in [1.54, 1.807) is 42.5 Å². The van der Waals surface area contributed by atoms with E-state index in [2.05, 4.69) is 5.32 Å². The smallest absolute Gasteiger partial charge is 0.251 e. The van der Waals surface area contributed by atoms with Crippen molar-refractivity contribution >= 4 is 17.5 Å². The maximum absolute atomic E-state index is 12.1. The minimum atomic E-state index is -0.220. The van der Waals surface area contributed by atoms with Gasteiger partial charge in [-0.05, 0) is 36.4 Å². The third kappa shape index (κ3) is 5.07. The lowest BCUT2D eigenvalue weighted by atomic mass is 10.2. The summed E-state index contributed by atoms with van der Waals surface area (Å²) in [4.78, 5) is 12.1. The molecule has 0 aliphatic carbocycles. The number of methoxy groups -OCH3 is 2. The number of carbonyl (C=O) groups excluding carboxylic acids is 1. The molecule has 23 heavy (non-hydrogen) atoms. The van der Waals surface area contributed by atoms with Crippen molar-refractivity contribution in [1.29, 1.82) is 0 Å². The van der Waals surface area contributed by atoms with Crippen molar-refractivity contribution in [3.8, 4) is 17.2 Å². The van der Waals surface area contributed by atoms with Gasteiger partial charge >= 0.3 is 0 Å². The summed E-state index contributed by atoms with van der Waals surface area (Å²) in [6.07, 6.45) is 0. The first-order valence-electron chi connectivity index (χ1n) is 7.02. The van der Waals surface area contributed by atoms with Crippen LogP contribution in [0.2, 0.25) is 5.02 Å². The summed E-state index contributed by atoms with van der Waals surface area (Å²) in [5.74, 6) is 1.60. The Morgan fingerprint density at radius 3 is 2.17 bits per heavy atom. The lowest BCUT2D eigenvalue weighted by molar-refractivity contribution is 0.0946.